The first kappa shape index (κ1) is 18.9. The highest BCUT2D eigenvalue weighted by molar-refractivity contribution is 7.80. The summed E-state index contributed by atoms with van der Waals surface area (Å²) in [4.78, 5) is 13.4. The van der Waals surface area contributed by atoms with Gasteiger partial charge in [-0.3, -0.25) is 0 Å². The van der Waals surface area contributed by atoms with Crippen LogP contribution in [0.4, 0.5) is 5.00 Å². The third-order valence-corrected chi connectivity index (χ3v) is 5.77. The summed E-state index contributed by atoms with van der Waals surface area (Å²) in [5.41, 5.74) is 1.60. The van der Waals surface area contributed by atoms with Crippen LogP contribution in [-0.4, -0.2) is 23.7 Å². The lowest BCUT2D eigenvalue weighted by atomic mass is 9.96. The van der Waals surface area contributed by atoms with Gasteiger partial charge in [-0.15, -0.1) is 11.3 Å². The number of benzene rings is 1. The van der Waals surface area contributed by atoms with E-state index < -0.39 is 0 Å². The van der Waals surface area contributed by atoms with Crippen LogP contribution in [0.5, 0.6) is 0 Å². The highest BCUT2D eigenvalue weighted by atomic mass is 32.1. The van der Waals surface area contributed by atoms with Gasteiger partial charge in [0.05, 0.1) is 12.2 Å². The number of rotatable bonds is 5. The van der Waals surface area contributed by atoms with Crippen LogP contribution in [-0.2, 0) is 4.74 Å². The van der Waals surface area contributed by atoms with E-state index in [1.54, 1.807) is 0 Å². The van der Waals surface area contributed by atoms with Crippen molar-refractivity contribution in [1.29, 1.82) is 0 Å². The fourth-order valence-corrected chi connectivity index (χ4v) is 4.55. The minimum atomic E-state index is -0.325. The summed E-state index contributed by atoms with van der Waals surface area (Å²) < 4.78 is 5.21. The van der Waals surface area contributed by atoms with Crippen molar-refractivity contribution < 1.29 is 9.53 Å². The molecule has 4 nitrogen and oxygen atoms in total. The maximum absolute atomic E-state index is 12.4. The van der Waals surface area contributed by atoms with E-state index in [9.17, 15) is 4.79 Å². The topological polar surface area (TPSA) is 50.4 Å². The van der Waals surface area contributed by atoms with Crippen molar-refractivity contribution in [2.24, 2.45) is 0 Å². The van der Waals surface area contributed by atoms with Gasteiger partial charge in [0.15, 0.2) is 5.11 Å². The lowest BCUT2D eigenvalue weighted by Gasteiger charge is -2.24. The molecule has 6 heteroatoms. The fraction of sp³-hybridized carbons (Fsp3) is 0.400. The molecule has 0 bridgehead atoms. The molecule has 138 valence electrons. The smallest absolute Gasteiger partial charge is 0.341 e. The zero-order valence-electron chi connectivity index (χ0n) is 14.9. The summed E-state index contributed by atoms with van der Waals surface area (Å²) in [5.74, 6) is -0.325. The van der Waals surface area contributed by atoms with Crippen molar-refractivity contribution in [1.82, 2.24) is 5.32 Å². The third-order valence-electron chi connectivity index (χ3n) is 4.45. The van der Waals surface area contributed by atoms with Gasteiger partial charge in [-0.1, -0.05) is 49.6 Å². The van der Waals surface area contributed by atoms with E-state index in [2.05, 4.69) is 10.6 Å². The second-order valence-corrected chi connectivity index (χ2v) is 7.83. The van der Waals surface area contributed by atoms with Crippen LogP contribution in [0.3, 0.4) is 0 Å². The molecule has 0 atom stereocenters. The lowest BCUT2D eigenvalue weighted by Crippen LogP contribution is -2.38. The predicted molar refractivity (Wildman–Crippen MR) is 112 cm³/mol. The number of carbonyl (C=O) groups excluding carboxylic acids is 1. The van der Waals surface area contributed by atoms with Crippen molar-refractivity contribution in [3.8, 4) is 10.4 Å². The average Bonchev–Trinajstić information content (AvgIpc) is 3.07. The summed E-state index contributed by atoms with van der Waals surface area (Å²) in [5, 5.41) is 7.92. The SMILES string of the molecule is CCOC(=O)c1cc(-c2ccccc2)sc1NC(=S)NC1CCCCC1. The molecule has 3 rings (SSSR count). The summed E-state index contributed by atoms with van der Waals surface area (Å²) in [6.07, 6.45) is 6.08. The van der Waals surface area contributed by atoms with E-state index in [1.165, 1.54) is 30.6 Å². The summed E-state index contributed by atoms with van der Waals surface area (Å²) >= 11 is 7.00. The van der Waals surface area contributed by atoms with Crippen LogP contribution in [0, 0.1) is 0 Å². The van der Waals surface area contributed by atoms with Gasteiger partial charge in [-0.25, -0.2) is 4.79 Å². The molecule has 0 aliphatic heterocycles. The average molecular weight is 389 g/mol. The number of hydrogen-bond donors (Lipinski definition) is 2. The number of anilines is 1. The van der Waals surface area contributed by atoms with Gasteiger partial charge in [0.2, 0.25) is 0 Å². The Balaban J connectivity index is 1.78. The molecule has 1 heterocycles. The molecule has 0 saturated heterocycles. The zero-order valence-corrected chi connectivity index (χ0v) is 16.6. The van der Waals surface area contributed by atoms with Crippen molar-refractivity contribution in [3.63, 3.8) is 0 Å². The number of ether oxygens (including phenoxy) is 1. The van der Waals surface area contributed by atoms with Crippen LogP contribution in [0.1, 0.15) is 49.4 Å². The zero-order chi connectivity index (χ0) is 18.4. The molecule has 1 aliphatic carbocycles. The molecule has 1 aromatic carbocycles. The maximum Gasteiger partial charge on any atom is 0.341 e. The highest BCUT2D eigenvalue weighted by Gasteiger charge is 2.20. The number of nitrogens with one attached hydrogen (secondary N) is 2. The number of thiocarbonyl (C=S) groups is 1. The Kier molecular flexibility index (Phi) is 6.63. The first-order valence-corrected chi connectivity index (χ1v) is 10.3. The molecule has 0 unspecified atom stereocenters. The van der Waals surface area contributed by atoms with E-state index >= 15 is 0 Å². The van der Waals surface area contributed by atoms with Crippen LogP contribution in [0.2, 0.25) is 0 Å². The summed E-state index contributed by atoms with van der Waals surface area (Å²) in [7, 11) is 0. The number of carbonyl (C=O) groups is 1. The summed E-state index contributed by atoms with van der Waals surface area (Å²) in [6, 6.07) is 12.3. The largest absolute Gasteiger partial charge is 0.462 e. The first-order chi connectivity index (χ1) is 12.7. The van der Waals surface area contributed by atoms with Gasteiger partial charge >= 0.3 is 5.97 Å². The Hall–Kier alpha value is -1.92. The Morgan fingerprint density at radius 1 is 1.23 bits per heavy atom. The van der Waals surface area contributed by atoms with Gasteiger partial charge in [0, 0.05) is 10.9 Å². The Bertz CT molecular complexity index is 752. The molecule has 2 N–H and O–H groups in total. The molecule has 1 fully saturated rings. The lowest BCUT2D eigenvalue weighted by molar-refractivity contribution is 0.0528. The first-order valence-electron chi connectivity index (χ1n) is 9.11. The van der Waals surface area contributed by atoms with Crippen molar-refractivity contribution in [3.05, 3.63) is 42.0 Å². The second kappa shape index (κ2) is 9.14. The molecule has 0 radical (unpaired) electrons. The minimum Gasteiger partial charge on any atom is -0.462 e. The molecule has 2 aromatic rings. The molecule has 1 saturated carbocycles. The molecule has 0 amide bonds. The van der Waals surface area contributed by atoms with Gasteiger partial charge in [-0.2, -0.15) is 0 Å². The monoisotopic (exact) mass is 388 g/mol. The van der Waals surface area contributed by atoms with E-state index in [4.69, 9.17) is 17.0 Å². The van der Waals surface area contributed by atoms with Gasteiger partial charge < -0.3 is 15.4 Å². The van der Waals surface area contributed by atoms with E-state index in [0.29, 0.717) is 23.3 Å². The normalized spacial score (nSPS) is 14.7. The van der Waals surface area contributed by atoms with Crippen LogP contribution in [0.15, 0.2) is 36.4 Å². The Morgan fingerprint density at radius 2 is 1.96 bits per heavy atom. The molecule has 1 aromatic heterocycles. The Labute approximate surface area is 164 Å². The highest BCUT2D eigenvalue weighted by Crippen LogP contribution is 2.36. The summed E-state index contributed by atoms with van der Waals surface area (Å²) in [6.45, 7) is 2.16. The number of esters is 1. The van der Waals surface area contributed by atoms with Crippen LogP contribution in [0.25, 0.3) is 10.4 Å². The fourth-order valence-electron chi connectivity index (χ4n) is 3.16. The van der Waals surface area contributed by atoms with Crippen molar-refractivity contribution in [2.75, 3.05) is 11.9 Å². The molecular formula is C20H24N2O2S2. The van der Waals surface area contributed by atoms with E-state index in [1.807, 2.05) is 43.3 Å². The predicted octanol–water partition coefficient (Wildman–Crippen LogP) is 5.21. The Morgan fingerprint density at radius 3 is 2.65 bits per heavy atom. The van der Waals surface area contributed by atoms with Gasteiger partial charge in [-0.05, 0) is 43.6 Å². The van der Waals surface area contributed by atoms with Crippen LogP contribution < -0.4 is 10.6 Å². The molecule has 26 heavy (non-hydrogen) atoms. The minimum absolute atomic E-state index is 0.325. The third kappa shape index (κ3) is 4.83. The molecule has 0 spiro atoms. The van der Waals surface area contributed by atoms with Crippen LogP contribution >= 0.6 is 23.6 Å². The van der Waals surface area contributed by atoms with Gasteiger partial charge in [0.25, 0.3) is 0 Å². The number of thiophene rings is 1. The molecular weight excluding hydrogens is 364 g/mol. The van der Waals surface area contributed by atoms with Crippen molar-refractivity contribution >= 4 is 39.6 Å². The molecule has 1 aliphatic rings. The quantitative estimate of drug-likeness (QED) is 0.544. The van der Waals surface area contributed by atoms with E-state index in [0.717, 1.165) is 28.3 Å². The van der Waals surface area contributed by atoms with Gasteiger partial charge in [0.1, 0.15) is 5.00 Å². The van der Waals surface area contributed by atoms with E-state index in [-0.39, 0.29) is 5.97 Å². The van der Waals surface area contributed by atoms with Crippen molar-refractivity contribution in [2.45, 2.75) is 45.1 Å². The maximum atomic E-state index is 12.4. The standard InChI is InChI=1S/C20H24N2O2S2/c1-2-24-19(23)16-13-17(14-9-5-3-6-10-14)26-18(16)22-20(25)21-15-11-7-4-8-12-15/h3,5-6,9-10,13,15H,2,4,7-8,11-12H2,1H3,(H2,21,22,25). The second-order valence-electron chi connectivity index (χ2n) is 6.37. The number of hydrogen-bond acceptors (Lipinski definition) is 4.